The average molecular weight is 544 g/mol. The second-order valence-electron chi connectivity index (χ2n) is 10.2. The molecule has 2 N–H and O–H groups in total. The Labute approximate surface area is 229 Å². The third kappa shape index (κ3) is 9.31. The molecule has 0 radical (unpaired) electrons. The first-order chi connectivity index (χ1) is 18.9. The minimum atomic E-state index is -1.79. The van der Waals surface area contributed by atoms with E-state index in [0.29, 0.717) is 23.4 Å². The molecule has 5 nitrogen and oxygen atoms in total. The monoisotopic (exact) mass is 543 g/mol. The van der Waals surface area contributed by atoms with E-state index in [1.54, 1.807) is 6.07 Å². The molecule has 1 amide bonds. The number of amides is 1. The van der Waals surface area contributed by atoms with Gasteiger partial charge in [-0.25, -0.2) is 23.1 Å². The van der Waals surface area contributed by atoms with Crippen molar-refractivity contribution < 1.29 is 23.1 Å². The Bertz CT molecular complexity index is 1210. The Kier molecular flexibility index (Phi) is 12.7. The highest BCUT2D eigenvalue weighted by molar-refractivity contribution is 5.91. The summed E-state index contributed by atoms with van der Waals surface area (Å²) in [4.78, 5) is 20.4. The van der Waals surface area contributed by atoms with Gasteiger partial charge in [0.05, 0.1) is 16.8 Å². The molecule has 0 aliphatic carbocycles. The van der Waals surface area contributed by atoms with E-state index in [9.17, 15) is 18.7 Å². The lowest BCUT2D eigenvalue weighted by Crippen LogP contribution is -2.16. The van der Waals surface area contributed by atoms with E-state index >= 15 is 4.39 Å². The summed E-state index contributed by atoms with van der Waals surface area (Å²) in [7, 11) is 0. The third-order valence-corrected chi connectivity index (χ3v) is 7.09. The summed E-state index contributed by atoms with van der Waals surface area (Å²) in [5, 5.41) is 13.6. The number of rotatable bonds is 17. The average Bonchev–Trinajstić information content (AvgIpc) is 2.94. The number of nitrogens with zero attached hydrogens (tertiary/aromatic N) is 2. The molecule has 0 fully saturated rings. The van der Waals surface area contributed by atoms with E-state index in [-0.39, 0.29) is 12.0 Å². The van der Waals surface area contributed by atoms with Gasteiger partial charge in [-0.1, -0.05) is 90.0 Å². The largest absolute Gasteiger partial charge is 0.383 e. The van der Waals surface area contributed by atoms with Crippen LogP contribution in [0.15, 0.2) is 36.8 Å². The maximum Gasteiger partial charge on any atom is 0.224 e. The molecule has 0 saturated heterocycles. The van der Waals surface area contributed by atoms with Gasteiger partial charge < -0.3 is 10.4 Å². The summed E-state index contributed by atoms with van der Waals surface area (Å²) < 4.78 is 44.2. The minimum absolute atomic E-state index is 0.143. The number of hydrogen-bond donors (Lipinski definition) is 2. The lowest BCUT2D eigenvalue weighted by atomic mass is 9.98. The van der Waals surface area contributed by atoms with Crippen LogP contribution in [0.25, 0.3) is 10.9 Å². The summed E-state index contributed by atoms with van der Waals surface area (Å²) in [5.74, 6) is -4.54. The predicted octanol–water partition coefficient (Wildman–Crippen LogP) is 8.55. The first kappa shape index (κ1) is 30.5. The Balaban J connectivity index is 1.45. The molecule has 0 aliphatic heterocycles. The zero-order valence-corrected chi connectivity index (χ0v) is 22.8. The molecule has 0 saturated carbocycles. The van der Waals surface area contributed by atoms with E-state index < -0.39 is 40.7 Å². The Morgan fingerprint density at radius 2 is 1.49 bits per heavy atom. The molecule has 0 bridgehead atoms. The van der Waals surface area contributed by atoms with E-state index in [0.717, 1.165) is 19.3 Å². The lowest BCUT2D eigenvalue weighted by Gasteiger charge is -2.17. The fourth-order valence-electron chi connectivity index (χ4n) is 4.81. The summed E-state index contributed by atoms with van der Waals surface area (Å²) in [6.45, 7) is 2.23. The smallest absolute Gasteiger partial charge is 0.224 e. The number of aliphatic hydroxyl groups excluding tert-OH is 1. The highest BCUT2D eigenvalue weighted by atomic mass is 19.2. The van der Waals surface area contributed by atoms with Crippen LogP contribution in [0, 0.1) is 17.5 Å². The number of carbonyl (C=O) groups excluding carboxylic acids is 1. The number of halogens is 3. The van der Waals surface area contributed by atoms with Crippen LogP contribution in [0.3, 0.4) is 0 Å². The fourth-order valence-corrected chi connectivity index (χ4v) is 4.81. The van der Waals surface area contributed by atoms with Gasteiger partial charge >= 0.3 is 0 Å². The molecule has 1 heterocycles. The van der Waals surface area contributed by atoms with Gasteiger partial charge in [0.2, 0.25) is 5.91 Å². The van der Waals surface area contributed by atoms with Gasteiger partial charge in [-0.15, -0.1) is 0 Å². The van der Waals surface area contributed by atoms with Crippen LogP contribution < -0.4 is 5.32 Å². The first-order valence-electron chi connectivity index (χ1n) is 14.3. The minimum Gasteiger partial charge on any atom is -0.383 e. The lowest BCUT2D eigenvalue weighted by molar-refractivity contribution is -0.116. The Morgan fingerprint density at radius 3 is 2.13 bits per heavy atom. The fraction of sp³-hybridized carbons (Fsp3) is 0.516. The molecule has 1 aromatic heterocycles. The van der Waals surface area contributed by atoms with Crippen LogP contribution in [0.2, 0.25) is 0 Å². The van der Waals surface area contributed by atoms with Gasteiger partial charge in [-0.2, -0.15) is 0 Å². The summed E-state index contributed by atoms with van der Waals surface area (Å²) in [6, 6.07) is 5.12. The second-order valence-corrected chi connectivity index (χ2v) is 10.2. The van der Waals surface area contributed by atoms with Gasteiger partial charge in [0.15, 0.2) is 17.5 Å². The van der Waals surface area contributed by atoms with Crippen molar-refractivity contribution in [3.63, 3.8) is 0 Å². The van der Waals surface area contributed by atoms with Crippen molar-refractivity contribution in [1.29, 1.82) is 0 Å². The van der Waals surface area contributed by atoms with Gasteiger partial charge in [0.1, 0.15) is 12.4 Å². The van der Waals surface area contributed by atoms with Gasteiger partial charge in [0, 0.05) is 24.1 Å². The number of aromatic nitrogens is 2. The number of aliphatic hydroxyl groups is 1. The molecule has 0 spiro atoms. The van der Waals surface area contributed by atoms with Crippen LogP contribution in [0.4, 0.5) is 18.9 Å². The first-order valence-corrected chi connectivity index (χ1v) is 14.3. The number of nitrogens with one attached hydrogen (secondary N) is 1. The molecular weight excluding hydrogens is 503 g/mol. The zero-order chi connectivity index (χ0) is 28.0. The maximum absolute atomic E-state index is 15.2. The van der Waals surface area contributed by atoms with Crippen molar-refractivity contribution >= 4 is 22.5 Å². The van der Waals surface area contributed by atoms with Gasteiger partial charge in [-0.05, 0) is 24.1 Å². The van der Waals surface area contributed by atoms with Gasteiger partial charge in [-0.3, -0.25) is 4.79 Å². The van der Waals surface area contributed by atoms with Gasteiger partial charge in [0.25, 0.3) is 0 Å². The number of carbonyl (C=O) groups is 1. The van der Waals surface area contributed by atoms with E-state index in [2.05, 4.69) is 22.2 Å². The van der Waals surface area contributed by atoms with Crippen molar-refractivity contribution in [2.24, 2.45) is 0 Å². The molecule has 212 valence electrons. The summed E-state index contributed by atoms with van der Waals surface area (Å²) in [5.41, 5.74) is -0.624. The number of fused-ring (bicyclic) bond motifs is 1. The molecule has 3 rings (SSSR count). The zero-order valence-electron chi connectivity index (χ0n) is 22.8. The van der Waals surface area contributed by atoms with E-state index in [1.165, 1.54) is 82.4 Å². The van der Waals surface area contributed by atoms with Crippen LogP contribution in [-0.2, 0) is 4.79 Å². The van der Waals surface area contributed by atoms with Crippen LogP contribution in [0.5, 0.6) is 0 Å². The number of unbranched alkanes of at least 4 members (excludes halogenated alkanes) is 12. The summed E-state index contributed by atoms with van der Waals surface area (Å²) in [6.07, 6.45) is 16.5. The van der Waals surface area contributed by atoms with Crippen LogP contribution in [0.1, 0.15) is 114 Å². The van der Waals surface area contributed by atoms with Crippen molar-refractivity contribution in [3.8, 4) is 0 Å². The highest BCUT2D eigenvalue weighted by Gasteiger charge is 2.26. The van der Waals surface area contributed by atoms with Crippen LogP contribution in [-0.4, -0.2) is 21.0 Å². The number of anilines is 1. The molecule has 8 heteroatoms. The molecule has 1 unspecified atom stereocenters. The molecule has 0 aliphatic rings. The predicted molar refractivity (Wildman–Crippen MR) is 149 cm³/mol. The van der Waals surface area contributed by atoms with Crippen molar-refractivity contribution in [3.05, 3.63) is 65.4 Å². The van der Waals surface area contributed by atoms with Crippen molar-refractivity contribution in [2.45, 2.75) is 103 Å². The molecular formula is C31H40F3N3O2. The number of hydrogen-bond acceptors (Lipinski definition) is 4. The third-order valence-electron chi connectivity index (χ3n) is 7.09. The SMILES string of the molecule is CCCCCCCCCCCCCCCC(=O)Nc1cc(F)c(F)c(C(O)c2ccc3ncncc3c2)c1F. The maximum atomic E-state index is 15.2. The Hall–Kier alpha value is -3.00. The molecule has 39 heavy (non-hydrogen) atoms. The van der Waals surface area contributed by atoms with Crippen LogP contribution >= 0.6 is 0 Å². The highest BCUT2D eigenvalue weighted by Crippen LogP contribution is 2.33. The second kappa shape index (κ2) is 16.2. The topological polar surface area (TPSA) is 75.1 Å². The molecule has 2 aromatic carbocycles. The standard InChI is InChI=1S/C31H40F3N3O2/c1-2-3-4-5-6-7-8-9-10-11-12-13-14-15-27(38)37-26-19-24(32)29(33)28(30(26)34)31(39)22-16-17-25-23(18-22)20-35-21-36-25/h16-21,31,39H,2-15H2,1H3,(H,37,38). The van der Waals surface area contributed by atoms with Crippen molar-refractivity contribution in [1.82, 2.24) is 9.97 Å². The Morgan fingerprint density at radius 1 is 0.872 bits per heavy atom. The molecule has 3 aromatic rings. The van der Waals surface area contributed by atoms with E-state index in [4.69, 9.17) is 0 Å². The van der Waals surface area contributed by atoms with Crippen molar-refractivity contribution in [2.75, 3.05) is 5.32 Å². The summed E-state index contributed by atoms with van der Waals surface area (Å²) >= 11 is 0. The quantitative estimate of drug-likeness (QED) is 0.132. The molecule has 1 atom stereocenters. The normalized spacial score (nSPS) is 12.1. The number of benzene rings is 2. The van der Waals surface area contributed by atoms with E-state index in [1.807, 2.05) is 0 Å².